The van der Waals surface area contributed by atoms with Gasteiger partial charge >= 0.3 is 5.97 Å². The second-order valence-electron chi connectivity index (χ2n) is 7.05. The molecule has 4 saturated carbocycles. The molecule has 0 bridgehead atoms. The highest BCUT2D eigenvalue weighted by molar-refractivity contribution is 5.68. The number of carboxylic acid groups (broad SMARTS) is 1. The zero-order valence-corrected chi connectivity index (χ0v) is 10.2. The lowest BCUT2D eigenvalue weighted by Gasteiger charge is -2.57. The van der Waals surface area contributed by atoms with Crippen LogP contribution in [0.15, 0.2) is 0 Å². The van der Waals surface area contributed by atoms with Gasteiger partial charge in [-0.25, -0.2) is 0 Å². The molecule has 3 nitrogen and oxygen atoms in total. The van der Waals surface area contributed by atoms with E-state index < -0.39 is 5.97 Å². The summed E-state index contributed by atoms with van der Waals surface area (Å²) >= 11 is 0. The zero-order chi connectivity index (χ0) is 11.8. The largest absolute Gasteiger partial charge is 0.481 e. The average molecular weight is 235 g/mol. The van der Waals surface area contributed by atoms with Gasteiger partial charge in [-0.15, -0.1) is 0 Å². The van der Waals surface area contributed by atoms with Crippen molar-refractivity contribution in [3.8, 4) is 0 Å². The predicted octanol–water partition coefficient (Wildman–Crippen LogP) is 1.86. The van der Waals surface area contributed by atoms with E-state index in [2.05, 4.69) is 0 Å². The fourth-order valence-electron chi connectivity index (χ4n) is 6.09. The van der Waals surface area contributed by atoms with E-state index in [-0.39, 0.29) is 5.41 Å². The van der Waals surface area contributed by atoms with Crippen LogP contribution in [-0.4, -0.2) is 17.6 Å². The summed E-state index contributed by atoms with van der Waals surface area (Å²) < 4.78 is 0. The van der Waals surface area contributed by atoms with E-state index in [0.717, 1.165) is 11.8 Å². The van der Waals surface area contributed by atoms with Gasteiger partial charge in [0.1, 0.15) is 0 Å². The van der Waals surface area contributed by atoms with Gasteiger partial charge in [0.2, 0.25) is 0 Å². The molecule has 4 fully saturated rings. The van der Waals surface area contributed by atoms with Crippen LogP contribution in [0.1, 0.15) is 38.5 Å². The monoisotopic (exact) mass is 235 g/mol. The van der Waals surface area contributed by atoms with Gasteiger partial charge < -0.3 is 10.8 Å². The number of hydrogen-bond acceptors (Lipinski definition) is 2. The summed E-state index contributed by atoms with van der Waals surface area (Å²) in [4.78, 5) is 11.2. The van der Waals surface area contributed by atoms with E-state index in [1.165, 1.54) is 32.1 Å². The van der Waals surface area contributed by atoms with E-state index in [4.69, 9.17) is 5.73 Å². The summed E-state index contributed by atoms with van der Waals surface area (Å²) in [5.41, 5.74) is 6.63. The maximum Gasteiger partial charge on any atom is 0.303 e. The lowest BCUT2D eigenvalue weighted by atomic mass is 9.47. The highest BCUT2D eigenvalue weighted by Crippen LogP contribution is 2.81. The molecule has 0 aromatic rings. The molecule has 3 N–H and O–H groups in total. The van der Waals surface area contributed by atoms with Gasteiger partial charge in [-0.3, -0.25) is 4.79 Å². The van der Waals surface area contributed by atoms with Crippen LogP contribution in [0.4, 0.5) is 0 Å². The topological polar surface area (TPSA) is 63.3 Å². The smallest absolute Gasteiger partial charge is 0.303 e. The summed E-state index contributed by atoms with van der Waals surface area (Å²) in [6.07, 6.45) is 7.03. The number of carboxylic acids is 1. The predicted molar refractivity (Wildman–Crippen MR) is 63.2 cm³/mol. The van der Waals surface area contributed by atoms with Crippen LogP contribution in [0.3, 0.4) is 0 Å². The Morgan fingerprint density at radius 1 is 1.24 bits per heavy atom. The zero-order valence-electron chi connectivity index (χ0n) is 10.2. The fourth-order valence-corrected chi connectivity index (χ4v) is 6.09. The van der Waals surface area contributed by atoms with Crippen molar-refractivity contribution in [2.24, 2.45) is 40.2 Å². The Labute approximate surface area is 102 Å². The molecule has 0 radical (unpaired) electrons. The molecule has 4 aliphatic carbocycles. The number of aliphatic carboxylic acids is 1. The molecule has 94 valence electrons. The summed E-state index contributed by atoms with van der Waals surface area (Å²) in [5, 5.41) is 9.18. The summed E-state index contributed by atoms with van der Waals surface area (Å²) in [7, 11) is 0. The molecule has 0 saturated heterocycles. The van der Waals surface area contributed by atoms with Gasteiger partial charge in [0.25, 0.3) is 0 Å². The Kier molecular flexibility index (Phi) is 1.75. The molecule has 4 aliphatic rings. The minimum Gasteiger partial charge on any atom is -0.481 e. The minimum absolute atomic E-state index is 0.0304. The molecule has 5 atom stereocenters. The Hall–Kier alpha value is -0.570. The maximum absolute atomic E-state index is 11.2. The van der Waals surface area contributed by atoms with Gasteiger partial charge in [-0.1, -0.05) is 0 Å². The van der Waals surface area contributed by atoms with Crippen LogP contribution in [-0.2, 0) is 4.79 Å². The van der Waals surface area contributed by atoms with Gasteiger partial charge in [0, 0.05) is 0 Å². The molecule has 0 aromatic carbocycles. The number of rotatable bonds is 3. The molecule has 1 spiro atoms. The molecule has 0 aliphatic heterocycles. The van der Waals surface area contributed by atoms with E-state index in [0.29, 0.717) is 30.2 Å². The van der Waals surface area contributed by atoms with Crippen molar-refractivity contribution in [2.75, 3.05) is 6.54 Å². The number of hydrogen-bond donors (Lipinski definition) is 2. The third kappa shape index (κ3) is 1.01. The number of fused-ring (bicyclic) bond motifs is 1. The third-order valence-corrected chi connectivity index (χ3v) is 6.83. The SMILES string of the molecule is NC[C@]1(CC(=O)O)[C@@H]2CC3(CC3)C3CC[C@H]1[C@@H]32. The summed E-state index contributed by atoms with van der Waals surface area (Å²) in [6.45, 7) is 0.591. The van der Waals surface area contributed by atoms with Crippen LogP contribution >= 0.6 is 0 Å². The molecule has 0 heterocycles. The Morgan fingerprint density at radius 3 is 2.53 bits per heavy atom. The first kappa shape index (κ1) is 10.4. The molecule has 4 rings (SSSR count). The van der Waals surface area contributed by atoms with Gasteiger partial charge in [-0.05, 0) is 73.2 Å². The second-order valence-corrected chi connectivity index (χ2v) is 7.05. The minimum atomic E-state index is -0.644. The van der Waals surface area contributed by atoms with Crippen molar-refractivity contribution in [2.45, 2.75) is 38.5 Å². The summed E-state index contributed by atoms with van der Waals surface area (Å²) in [6, 6.07) is 0. The number of nitrogens with two attached hydrogens (primary N) is 1. The normalized spacial score (nSPS) is 52.3. The van der Waals surface area contributed by atoms with Crippen LogP contribution in [0.2, 0.25) is 0 Å². The van der Waals surface area contributed by atoms with E-state index in [1.807, 2.05) is 0 Å². The first-order valence-corrected chi connectivity index (χ1v) is 7.05. The maximum atomic E-state index is 11.2. The van der Waals surface area contributed by atoms with Crippen molar-refractivity contribution in [1.29, 1.82) is 0 Å². The van der Waals surface area contributed by atoms with E-state index >= 15 is 0 Å². The van der Waals surface area contributed by atoms with Crippen LogP contribution in [0.5, 0.6) is 0 Å². The van der Waals surface area contributed by atoms with E-state index in [9.17, 15) is 9.90 Å². The average Bonchev–Trinajstić information content (AvgIpc) is 2.86. The molecule has 0 aromatic heterocycles. The Balaban J connectivity index is 1.69. The van der Waals surface area contributed by atoms with Gasteiger partial charge in [-0.2, -0.15) is 0 Å². The molecular weight excluding hydrogens is 214 g/mol. The first-order valence-electron chi connectivity index (χ1n) is 7.05. The van der Waals surface area contributed by atoms with Crippen molar-refractivity contribution in [3.63, 3.8) is 0 Å². The van der Waals surface area contributed by atoms with Crippen molar-refractivity contribution >= 4 is 5.97 Å². The van der Waals surface area contributed by atoms with Crippen molar-refractivity contribution in [3.05, 3.63) is 0 Å². The molecule has 0 amide bonds. The standard InChI is InChI=1S/C14H21NO2/c15-7-14(6-11(16)17)9-2-1-8-12(9)10(14)5-13(8)3-4-13/h8-10,12H,1-7,15H2,(H,16,17)/t8?,9-,10+,12+,14-/m0/s1. The highest BCUT2D eigenvalue weighted by atomic mass is 16.4. The van der Waals surface area contributed by atoms with Gasteiger partial charge in [0.05, 0.1) is 6.42 Å². The van der Waals surface area contributed by atoms with Crippen LogP contribution in [0.25, 0.3) is 0 Å². The molecular formula is C14H21NO2. The second kappa shape index (κ2) is 2.87. The van der Waals surface area contributed by atoms with E-state index in [1.54, 1.807) is 0 Å². The van der Waals surface area contributed by atoms with Crippen molar-refractivity contribution < 1.29 is 9.90 Å². The van der Waals surface area contributed by atoms with Gasteiger partial charge in [0.15, 0.2) is 0 Å². The summed E-state index contributed by atoms with van der Waals surface area (Å²) in [5.74, 6) is 2.42. The highest BCUT2D eigenvalue weighted by Gasteiger charge is 2.75. The third-order valence-electron chi connectivity index (χ3n) is 6.83. The quantitative estimate of drug-likeness (QED) is 0.785. The van der Waals surface area contributed by atoms with Crippen LogP contribution < -0.4 is 5.73 Å². The lowest BCUT2D eigenvalue weighted by molar-refractivity contribution is -0.153. The molecule has 1 unspecified atom stereocenters. The molecule has 3 heteroatoms. The van der Waals surface area contributed by atoms with Crippen molar-refractivity contribution in [1.82, 2.24) is 0 Å². The lowest BCUT2D eigenvalue weighted by Crippen LogP contribution is -2.58. The van der Waals surface area contributed by atoms with Crippen LogP contribution in [0, 0.1) is 34.5 Å². The Morgan fingerprint density at radius 2 is 1.94 bits per heavy atom. The first-order chi connectivity index (χ1) is 8.13. The molecule has 17 heavy (non-hydrogen) atoms. The Bertz CT molecular complexity index is 390. The fraction of sp³-hybridized carbons (Fsp3) is 0.929. The number of carbonyl (C=O) groups is 1.